The number of amides is 1. The number of rotatable bonds is 6. The highest BCUT2D eigenvalue weighted by molar-refractivity contribution is 5.91. The van der Waals surface area contributed by atoms with Crippen molar-refractivity contribution >= 4 is 12.1 Å². The van der Waals surface area contributed by atoms with Crippen molar-refractivity contribution in [1.82, 2.24) is 4.90 Å². The normalized spacial score (nSPS) is 12.1. The fraction of sp³-hybridized carbons (Fsp3) is 0.364. The predicted molar refractivity (Wildman–Crippen MR) is 108 cm³/mol. The van der Waals surface area contributed by atoms with E-state index in [1.807, 2.05) is 0 Å². The minimum absolute atomic E-state index is 0.0673. The zero-order valence-corrected chi connectivity index (χ0v) is 17.3. The van der Waals surface area contributed by atoms with Crippen molar-refractivity contribution in [2.75, 3.05) is 20.7 Å². The summed E-state index contributed by atoms with van der Waals surface area (Å²) in [6, 6.07) is 13.1. The minimum atomic E-state index is -0.907. The molecule has 0 aliphatic heterocycles. The van der Waals surface area contributed by atoms with Crippen molar-refractivity contribution in [2.24, 2.45) is 0 Å². The van der Waals surface area contributed by atoms with Gasteiger partial charge in [-0.05, 0) is 56.7 Å². The number of aliphatic hydroxyl groups is 1. The number of esters is 1. The highest BCUT2D eigenvalue weighted by Crippen LogP contribution is 2.21. The number of likely N-dealkylation sites (N-methyl/N-ethyl adjacent to an activating group) is 1. The number of hydrogen-bond acceptors (Lipinski definition) is 6. The summed E-state index contributed by atoms with van der Waals surface area (Å²) in [6.45, 7) is 5.40. The monoisotopic (exact) mass is 401 g/mol. The maximum absolute atomic E-state index is 12.3. The topological polar surface area (TPSA) is 85.3 Å². The van der Waals surface area contributed by atoms with E-state index in [2.05, 4.69) is 0 Å². The van der Waals surface area contributed by atoms with Crippen LogP contribution in [-0.2, 0) is 4.74 Å². The number of aliphatic hydroxyl groups excluding tert-OH is 1. The van der Waals surface area contributed by atoms with Crippen molar-refractivity contribution in [3.05, 3.63) is 59.7 Å². The molecule has 1 unspecified atom stereocenters. The third-order valence-electron chi connectivity index (χ3n) is 3.93. The first kappa shape index (κ1) is 22.2. The van der Waals surface area contributed by atoms with Gasteiger partial charge in [0.1, 0.15) is 17.1 Å². The molecule has 7 nitrogen and oxygen atoms in total. The van der Waals surface area contributed by atoms with Gasteiger partial charge in [-0.2, -0.15) is 0 Å². The van der Waals surface area contributed by atoms with Crippen molar-refractivity contribution in [1.29, 1.82) is 0 Å². The van der Waals surface area contributed by atoms with Gasteiger partial charge in [0.15, 0.2) is 0 Å². The Kier molecular flexibility index (Phi) is 7.23. The number of carbonyl (C=O) groups excluding carboxylic acids is 2. The Balaban J connectivity index is 1.96. The Bertz CT molecular complexity index is 841. The lowest BCUT2D eigenvalue weighted by atomic mass is 10.1. The summed E-state index contributed by atoms with van der Waals surface area (Å²) in [6.07, 6.45) is -1.42. The molecule has 0 aromatic heterocycles. The molecule has 0 radical (unpaired) electrons. The fourth-order valence-corrected chi connectivity index (χ4v) is 2.45. The molecule has 1 atom stereocenters. The van der Waals surface area contributed by atoms with Crippen molar-refractivity contribution in [2.45, 2.75) is 32.5 Å². The van der Waals surface area contributed by atoms with Crippen LogP contribution >= 0.6 is 0 Å². The van der Waals surface area contributed by atoms with Gasteiger partial charge in [-0.1, -0.05) is 18.2 Å². The third kappa shape index (κ3) is 6.80. The first-order valence-corrected chi connectivity index (χ1v) is 9.17. The number of nitrogens with zero attached hydrogens (tertiary/aromatic N) is 1. The fourth-order valence-electron chi connectivity index (χ4n) is 2.45. The molecule has 2 aromatic rings. The van der Waals surface area contributed by atoms with Gasteiger partial charge in [-0.25, -0.2) is 9.59 Å². The molecule has 0 heterocycles. The summed E-state index contributed by atoms with van der Waals surface area (Å²) < 4.78 is 15.7. The Morgan fingerprint density at radius 1 is 1.07 bits per heavy atom. The summed E-state index contributed by atoms with van der Waals surface area (Å²) in [5.74, 6) is 0.392. The van der Waals surface area contributed by atoms with E-state index in [4.69, 9.17) is 14.2 Å². The van der Waals surface area contributed by atoms with Crippen LogP contribution in [0.15, 0.2) is 48.5 Å². The molecule has 2 aromatic carbocycles. The first-order chi connectivity index (χ1) is 13.6. The van der Waals surface area contributed by atoms with Crippen LogP contribution in [0.3, 0.4) is 0 Å². The van der Waals surface area contributed by atoms with E-state index in [0.717, 1.165) is 0 Å². The SMILES string of the molecule is COc1cccc(C(=O)Oc2ccc(C(O)CN(C)C(=O)OC(C)(C)C)cc2)c1. The van der Waals surface area contributed by atoms with Crippen LogP contribution in [0.2, 0.25) is 0 Å². The van der Waals surface area contributed by atoms with E-state index in [1.165, 1.54) is 12.0 Å². The summed E-state index contributed by atoms with van der Waals surface area (Å²) in [5, 5.41) is 10.4. The van der Waals surface area contributed by atoms with E-state index in [0.29, 0.717) is 22.6 Å². The standard InChI is InChI=1S/C22H27NO6/c1-22(2,3)29-21(26)23(4)14-19(24)15-9-11-17(12-10-15)28-20(25)16-7-6-8-18(13-16)27-5/h6-13,19,24H,14H2,1-5H3. The molecular formula is C22H27NO6. The zero-order valence-electron chi connectivity index (χ0n) is 17.3. The maximum atomic E-state index is 12.3. The number of carbonyl (C=O) groups is 2. The molecule has 0 bridgehead atoms. The second-order valence-corrected chi connectivity index (χ2v) is 7.57. The van der Waals surface area contributed by atoms with Gasteiger partial charge in [0.25, 0.3) is 0 Å². The molecule has 0 spiro atoms. The van der Waals surface area contributed by atoms with Gasteiger partial charge >= 0.3 is 12.1 Å². The number of hydrogen-bond donors (Lipinski definition) is 1. The molecule has 1 amide bonds. The van der Waals surface area contributed by atoms with Crippen molar-refractivity contribution < 1.29 is 28.9 Å². The van der Waals surface area contributed by atoms with E-state index in [1.54, 1.807) is 76.3 Å². The van der Waals surface area contributed by atoms with Gasteiger partial charge in [0.05, 0.1) is 25.3 Å². The first-order valence-electron chi connectivity index (χ1n) is 9.17. The summed E-state index contributed by atoms with van der Waals surface area (Å²) in [7, 11) is 3.08. The molecule has 7 heteroatoms. The second kappa shape index (κ2) is 9.43. The Hall–Kier alpha value is -3.06. The second-order valence-electron chi connectivity index (χ2n) is 7.57. The molecule has 0 saturated heterocycles. The highest BCUT2D eigenvalue weighted by atomic mass is 16.6. The zero-order chi connectivity index (χ0) is 21.6. The van der Waals surface area contributed by atoms with Gasteiger partial charge in [0.2, 0.25) is 0 Å². The number of methoxy groups -OCH3 is 1. The molecule has 0 fully saturated rings. The van der Waals surface area contributed by atoms with Gasteiger partial charge < -0.3 is 24.2 Å². The smallest absolute Gasteiger partial charge is 0.410 e. The molecular weight excluding hydrogens is 374 g/mol. The Labute approximate surface area is 170 Å². The molecule has 0 aliphatic carbocycles. The molecule has 0 aliphatic rings. The number of ether oxygens (including phenoxy) is 3. The van der Waals surface area contributed by atoms with Crippen LogP contribution in [0.4, 0.5) is 4.79 Å². The van der Waals surface area contributed by atoms with Gasteiger partial charge in [-0.15, -0.1) is 0 Å². The molecule has 0 saturated carbocycles. The Morgan fingerprint density at radius 2 is 1.72 bits per heavy atom. The van der Waals surface area contributed by atoms with Crippen molar-refractivity contribution in [3.8, 4) is 11.5 Å². The predicted octanol–water partition coefficient (Wildman–Crippen LogP) is 3.81. The molecule has 156 valence electrons. The van der Waals surface area contributed by atoms with Gasteiger partial charge in [-0.3, -0.25) is 0 Å². The van der Waals surface area contributed by atoms with E-state index >= 15 is 0 Å². The van der Waals surface area contributed by atoms with E-state index in [9.17, 15) is 14.7 Å². The van der Waals surface area contributed by atoms with E-state index < -0.39 is 23.8 Å². The maximum Gasteiger partial charge on any atom is 0.410 e. The third-order valence-corrected chi connectivity index (χ3v) is 3.93. The van der Waals surface area contributed by atoms with Crippen LogP contribution in [-0.4, -0.2) is 48.4 Å². The summed E-state index contributed by atoms with van der Waals surface area (Å²) in [5.41, 5.74) is 0.346. The lowest BCUT2D eigenvalue weighted by molar-refractivity contribution is 0.0205. The van der Waals surface area contributed by atoms with Crippen LogP contribution in [0.5, 0.6) is 11.5 Å². The lowest BCUT2D eigenvalue weighted by Crippen LogP contribution is -2.36. The molecule has 29 heavy (non-hydrogen) atoms. The minimum Gasteiger partial charge on any atom is -0.497 e. The highest BCUT2D eigenvalue weighted by Gasteiger charge is 2.22. The largest absolute Gasteiger partial charge is 0.497 e. The quantitative estimate of drug-likeness (QED) is 0.585. The van der Waals surface area contributed by atoms with Crippen LogP contribution in [0, 0.1) is 0 Å². The van der Waals surface area contributed by atoms with Crippen LogP contribution in [0.25, 0.3) is 0 Å². The van der Waals surface area contributed by atoms with Crippen molar-refractivity contribution in [3.63, 3.8) is 0 Å². The van der Waals surface area contributed by atoms with E-state index in [-0.39, 0.29) is 6.54 Å². The van der Waals surface area contributed by atoms with Crippen LogP contribution < -0.4 is 9.47 Å². The Morgan fingerprint density at radius 3 is 2.31 bits per heavy atom. The molecule has 2 rings (SSSR count). The summed E-state index contributed by atoms with van der Waals surface area (Å²) >= 11 is 0. The number of benzene rings is 2. The average molecular weight is 401 g/mol. The summed E-state index contributed by atoms with van der Waals surface area (Å²) in [4.78, 5) is 25.6. The van der Waals surface area contributed by atoms with Crippen LogP contribution in [0.1, 0.15) is 42.8 Å². The van der Waals surface area contributed by atoms with Gasteiger partial charge in [0, 0.05) is 7.05 Å². The molecule has 1 N–H and O–H groups in total. The average Bonchev–Trinajstić information content (AvgIpc) is 2.67. The lowest BCUT2D eigenvalue weighted by Gasteiger charge is -2.26.